The van der Waals surface area contributed by atoms with Crippen molar-refractivity contribution in [3.8, 4) is 11.5 Å². The van der Waals surface area contributed by atoms with Crippen LogP contribution in [0.2, 0.25) is 0 Å². The molecular formula is C16H14FNO2. The van der Waals surface area contributed by atoms with Gasteiger partial charge in [0.1, 0.15) is 23.9 Å². The van der Waals surface area contributed by atoms with Crippen molar-refractivity contribution in [2.24, 2.45) is 7.05 Å². The first-order chi connectivity index (χ1) is 9.65. The number of fused-ring (bicyclic) bond motifs is 1. The molecule has 0 amide bonds. The Hall–Kier alpha value is -2.49. The zero-order valence-corrected chi connectivity index (χ0v) is 11.0. The summed E-state index contributed by atoms with van der Waals surface area (Å²) in [6, 6.07) is 11.3. The maximum atomic E-state index is 12.8. The molecule has 1 N–H and O–H groups in total. The highest BCUT2D eigenvalue weighted by Crippen LogP contribution is 2.30. The Morgan fingerprint density at radius 3 is 2.65 bits per heavy atom. The summed E-state index contributed by atoms with van der Waals surface area (Å²) in [6.07, 6.45) is 1.92. The Balaban J connectivity index is 1.89. The van der Waals surface area contributed by atoms with E-state index in [-0.39, 0.29) is 11.6 Å². The SMILES string of the molecule is Cn1cc(COc2ccc(F)cc2)c2c(O)cccc21. The lowest BCUT2D eigenvalue weighted by atomic mass is 10.1. The summed E-state index contributed by atoms with van der Waals surface area (Å²) in [6.45, 7) is 0.320. The minimum Gasteiger partial charge on any atom is -0.507 e. The molecule has 0 aliphatic carbocycles. The van der Waals surface area contributed by atoms with E-state index < -0.39 is 0 Å². The molecule has 20 heavy (non-hydrogen) atoms. The number of hydrogen-bond donors (Lipinski definition) is 1. The predicted octanol–water partition coefficient (Wildman–Crippen LogP) is 3.60. The summed E-state index contributed by atoms with van der Waals surface area (Å²) in [5.74, 6) is 0.541. The fourth-order valence-corrected chi connectivity index (χ4v) is 2.32. The van der Waals surface area contributed by atoms with Gasteiger partial charge in [-0.25, -0.2) is 4.39 Å². The van der Waals surface area contributed by atoms with Crippen molar-refractivity contribution in [3.63, 3.8) is 0 Å². The number of rotatable bonds is 3. The van der Waals surface area contributed by atoms with Gasteiger partial charge in [0.05, 0.1) is 5.52 Å². The standard InChI is InChI=1S/C16H14FNO2/c1-18-9-11(16-14(18)3-2-4-15(16)19)10-20-13-7-5-12(17)6-8-13/h2-9,19H,10H2,1H3. The van der Waals surface area contributed by atoms with Crippen LogP contribution in [0.15, 0.2) is 48.7 Å². The molecule has 0 radical (unpaired) electrons. The number of aryl methyl sites for hydroxylation is 1. The smallest absolute Gasteiger partial charge is 0.125 e. The Labute approximate surface area is 115 Å². The summed E-state index contributed by atoms with van der Waals surface area (Å²) < 4.78 is 20.4. The molecular weight excluding hydrogens is 257 g/mol. The van der Waals surface area contributed by atoms with Gasteiger partial charge in [-0.15, -0.1) is 0 Å². The third-order valence-corrected chi connectivity index (χ3v) is 3.28. The monoisotopic (exact) mass is 271 g/mol. The molecule has 4 heteroatoms. The quantitative estimate of drug-likeness (QED) is 0.789. The topological polar surface area (TPSA) is 34.4 Å². The minimum atomic E-state index is -0.292. The van der Waals surface area contributed by atoms with E-state index in [1.807, 2.05) is 29.9 Å². The first-order valence-electron chi connectivity index (χ1n) is 6.29. The van der Waals surface area contributed by atoms with Gasteiger partial charge >= 0.3 is 0 Å². The molecule has 3 rings (SSSR count). The summed E-state index contributed by atoms with van der Waals surface area (Å²) in [7, 11) is 1.92. The van der Waals surface area contributed by atoms with Crippen molar-refractivity contribution < 1.29 is 14.2 Å². The van der Waals surface area contributed by atoms with Gasteiger partial charge in [0, 0.05) is 24.2 Å². The van der Waals surface area contributed by atoms with E-state index >= 15 is 0 Å². The van der Waals surface area contributed by atoms with Crippen LogP contribution < -0.4 is 4.74 Å². The molecule has 102 valence electrons. The van der Waals surface area contributed by atoms with Crippen molar-refractivity contribution in [2.75, 3.05) is 0 Å². The second-order valence-electron chi connectivity index (χ2n) is 4.68. The second-order valence-corrected chi connectivity index (χ2v) is 4.68. The highest BCUT2D eigenvalue weighted by Gasteiger charge is 2.10. The molecule has 1 aromatic heterocycles. The fraction of sp³-hybridized carbons (Fsp3) is 0.125. The normalized spacial score (nSPS) is 10.9. The average molecular weight is 271 g/mol. The number of ether oxygens (including phenoxy) is 1. The maximum Gasteiger partial charge on any atom is 0.125 e. The molecule has 0 fully saturated rings. The molecule has 3 aromatic rings. The number of hydrogen-bond acceptors (Lipinski definition) is 2. The number of aromatic hydroxyl groups is 1. The zero-order chi connectivity index (χ0) is 14.1. The van der Waals surface area contributed by atoms with E-state index in [9.17, 15) is 9.50 Å². The summed E-state index contributed by atoms with van der Waals surface area (Å²) in [4.78, 5) is 0. The Morgan fingerprint density at radius 1 is 1.15 bits per heavy atom. The lowest BCUT2D eigenvalue weighted by molar-refractivity contribution is 0.306. The van der Waals surface area contributed by atoms with Gasteiger partial charge < -0.3 is 14.4 Å². The van der Waals surface area contributed by atoms with Crippen LogP contribution in [0.5, 0.6) is 11.5 Å². The molecule has 0 bridgehead atoms. The van der Waals surface area contributed by atoms with Crippen LogP contribution in [0.1, 0.15) is 5.56 Å². The molecule has 0 atom stereocenters. The number of halogens is 1. The summed E-state index contributed by atoms with van der Waals surface area (Å²) in [5, 5.41) is 10.8. The number of benzene rings is 2. The Kier molecular flexibility index (Phi) is 3.06. The van der Waals surface area contributed by atoms with E-state index in [1.54, 1.807) is 18.2 Å². The van der Waals surface area contributed by atoms with Crippen LogP contribution in [-0.4, -0.2) is 9.67 Å². The molecule has 0 aliphatic heterocycles. The van der Waals surface area contributed by atoms with Crippen molar-refractivity contribution in [3.05, 3.63) is 60.0 Å². The maximum absolute atomic E-state index is 12.8. The van der Waals surface area contributed by atoms with Crippen molar-refractivity contribution >= 4 is 10.9 Å². The number of phenolic OH excluding ortho intramolecular Hbond substituents is 1. The molecule has 0 saturated carbocycles. The van der Waals surface area contributed by atoms with Gasteiger partial charge in [0.15, 0.2) is 0 Å². The Bertz CT molecular complexity index is 747. The van der Waals surface area contributed by atoms with Gasteiger partial charge in [0.2, 0.25) is 0 Å². The van der Waals surface area contributed by atoms with Crippen LogP contribution in [0.25, 0.3) is 10.9 Å². The average Bonchev–Trinajstić information content (AvgIpc) is 2.77. The van der Waals surface area contributed by atoms with Crippen LogP contribution in [-0.2, 0) is 13.7 Å². The van der Waals surface area contributed by atoms with Gasteiger partial charge in [0.25, 0.3) is 0 Å². The van der Waals surface area contributed by atoms with Gasteiger partial charge in [-0.1, -0.05) is 6.07 Å². The fourth-order valence-electron chi connectivity index (χ4n) is 2.32. The summed E-state index contributed by atoms with van der Waals surface area (Å²) >= 11 is 0. The predicted molar refractivity (Wildman–Crippen MR) is 75.3 cm³/mol. The molecule has 0 unspecified atom stereocenters. The third-order valence-electron chi connectivity index (χ3n) is 3.28. The van der Waals surface area contributed by atoms with Gasteiger partial charge in [-0.3, -0.25) is 0 Å². The van der Waals surface area contributed by atoms with Gasteiger partial charge in [-0.05, 0) is 36.4 Å². The number of nitrogens with zero attached hydrogens (tertiary/aromatic N) is 1. The number of phenols is 1. The first kappa shape index (κ1) is 12.5. The molecule has 2 aromatic carbocycles. The highest BCUT2D eigenvalue weighted by atomic mass is 19.1. The Morgan fingerprint density at radius 2 is 1.90 bits per heavy atom. The lowest BCUT2D eigenvalue weighted by Gasteiger charge is -2.05. The van der Waals surface area contributed by atoms with Crippen molar-refractivity contribution in [2.45, 2.75) is 6.61 Å². The molecule has 1 heterocycles. The third kappa shape index (κ3) is 2.20. The van der Waals surface area contributed by atoms with E-state index in [0.717, 1.165) is 16.5 Å². The molecule has 0 saturated heterocycles. The van der Waals surface area contributed by atoms with Crippen LogP contribution in [0.4, 0.5) is 4.39 Å². The summed E-state index contributed by atoms with van der Waals surface area (Å²) in [5.41, 5.74) is 1.84. The second kappa shape index (κ2) is 4.89. The lowest BCUT2D eigenvalue weighted by Crippen LogP contribution is -1.94. The minimum absolute atomic E-state index is 0.237. The number of aromatic nitrogens is 1. The molecule has 3 nitrogen and oxygen atoms in total. The zero-order valence-electron chi connectivity index (χ0n) is 11.0. The first-order valence-corrected chi connectivity index (χ1v) is 6.29. The van der Waals surface area contributed by atoms with Gasteiger partial charge in [-0.2, -0.15) is 0 Å². The van der Waals surface area contributed by atoms with Crippen LogP contribution in [0, 0.1) is 5.82 Å². The van der Waals surface area contributed by atoms with E-state index in [2.05, 4.69) is 0 Å². The molecule has 0 aliphatic rings. The largest absolute Gasteiger partial charge is 0.507 e. The van der Waals surface area contributed by atoms with E-state index in [1.165, 1.54) is 12.1 Å². The van der Waals surface area contributed by atoms with Crippen LogP contribution in [0.3, 0.4) is 0 Å². The van der Waals surface area contributed by atoms with E-state index in [4.69, 9.17) is 4.74 Å². The highest BCUT2D eigenvalue weighted by molar-refractivity contribution is 5.89. The van der Waals surface area contributed by atoms with Crippen LogP contribution >= 0.6 is 0 Å². The van der Waals surface area contributed by atoms with E-state index in [0.29, 0.717) is 12.4 Å². The van der Waals surface area contributed by atoms with Crippen molar-refractivity contribution in [1.82, 2.24) is 4.57 Å². The van der Waals surface area contributed by atoms with Crippen molar-refractivity contribution in [1.29, 1.82) is 0 Å². The molecule has 0 spiro atoms.